The summed E-state index contributed by atoms with van der Waals surface area (Å²) in [7, 11) is 0. The van der Waals surface area contributed by atoms with E-state index in [-0.39, 0.29) is 0 Å². The Hall–Kier alpha value is -1.41. The van der Waals surface area contributed by atoms with Gasteiger partial charge in [-0.3, -0.25) is 0 Å². The van der Waals surface area contributed by atoms with Crippen molar-refractivity contribution in [3.8, 4) is 11.4 Å². The fraction of sp³-hybridized carbons (Fsp3) is 0.286. The summed E-state index contributed by atoms with van der Waals surface area (Å²) in [5.41, 5.74) is 3.46. The predicted molar refractivity (Wildman–Crippen MR) is 71.4 cm³/mol. The first kappa shape index (κ1) is 12.1. The van der Waals surface area contributed by atoms with Crippen LogP contribution in [0.2, 0.25) is 5.02 Å². The monoisotopic (exact) mass is 249 g/mol. The molecule has 3 heteroatoms. The summed E-state index contributed by atoms with van der Waals surface area (Å²) in [6.45, 7) is 6.74. The molecule has 0 N–H and O–H groups in total. The predicted octanol–water partition coefficient (Wildman–Crippen LogP) is 4.15. The van der Waals surface area contributed by atoms with Gasteiger partial charge in [0.2, 0.25) is 0 Å². The van der Waals surface area contributed by atoms with Gasteiger partial charge in [-0.05, 0) is 51.1 Å². The Balaban J connectivity index is 2.45. The molecule has 0 saturated carbocycles. The van der Waals surface area contributed by atoms with Crippen LogP contribution in [0.5, 0.6) is 5.75 Å². The minimum absolute atomic E-state index is 0.626. The van der Waals surface area contributed by atoms with Crippen molar-refractivity contribution in [3.05, 3.63) is 46.7 Å². The first-order chi connectivity index (χ1) is 8.13. The highest BCUT2D eigenvalue weighted by atomic mass is 35.5. The van der Waals surface area contributed by atoms with Crippen LogP contribution < -0.4 is 4.74 Å². The van der Waals surface area contributed by atoms with Crippen LogP contribution in [0.1, 0.15) is 18.3 Å². The molecule has 0 aliphatic carbocycles. The van der Waals surface area contributed by atoms with Gasteiger partial charge in [0, 0.05) is 17.1 Å². The van der Waals surface area contributed by atoms with Crippen LogP contribution in [0, 0.1) is 13.8 Å². The minimum atomic E-state index is 0.626. The maximum atomic E-state index is 6.19. The van der Waals surface area contributed by atoms with Crippen LogP contribution in [0.25, 0.3) is 5.69 Å². The molecule has 1 aromatic carbocycles. The molecule has 0 saturated heterocycles. The lowest BCUT2D eigenvalue weighted by Gasteiger charge is -2.12. The molecule has 0 radical (unpaired) electrons. The number of rotatable bonds is 3. The van der Waals surface area contributed by atoms with Gasteiger partial charge in [-0.2, -0.15) is 0 Å². The van der Waals surface area contributed by atoms with Crippen molar-refractivity contribution >= 4 is 11.6 Å². The zero-order valence-electron chi connectivity index (χ0n) is 10.3. The molecule has 0 aliphatic heterocycles. The van der Waals surface area contributed by atoms with Gasteiger partial charge >= 0.3 is 0 Å². The van der Waals surface area contributed by atoms with Gasteiger partial charge in [-0.15, -0.1) is 0 Å². The molecule has 0 bridgehead atoms. The van der Waals surface area contributed by atoms with E-state index in [1.807, 2.05) is 25.1 Å². The number of hydrogen-bond donors (Lipinski definition) is 0. The summed E-state index contributed by atoms with van der Waals surface area (Å²) in [6.07, 6.45) is 0. The second kappa shape index (κ2) is 4.84. The van der Waals surface area contributed by atoms with Crippen molar-refractivity contribution in [2.45, 2.75) is 20.8 Å². The topological polar surface area (TPSA) is 14.2 Å². The Labute approximate surface area is 107 Å². The maximum absolute atomic E-state index is 6.19. The highest BCUT2D eigenvalue weighted by Gasteiger charge is 2.07. The third kappa shape index (κ3) is 2.32. The molecule has 17 heavy (non-hydrogen) atoms. The van der Waals surface area contributed by atoms with Crippen molar-refractivity contribution < 1.29 is 4.74 Å². The Morgan fingerprint density at radius 2 is 1.76 bits per heavy atom. The van der Waals surface area contributed by atoms with Crippen LogP contribution in [0.15, 0.2) is 30.3 Å². The summed E-state index contributed by atoms with van der Waals surface area (Å²) in [4.78, 5) is 0. The van der Waals surface area contributed by atoms with Gasteiger partial charge in [-0.1, -0.05) is 11.6 Å². The second-order valence-corrected chi connectivity index (χ2v) is 4.41. The second-order valence-electron chi connectivity index (χ2n) is 4.00. The van der Waals surface area contributed by atoms with E-state index in [2.05, 4.69) is 30.5 Å². The molecule has 1 aromatic heterocycles. The molecule has 2 rings (SSSR count). The smallest absolute Gasteiger partial charge is 0.138 e. The summed E-state index contributed by atoms with van der Waals surface area (Å²) >= 11 is 6.19. The molecule has 0 amide bonds. The summed E-state index contributed by atoms with van der Waals surface area (Å²) in [5.74, 6) is 0.736. The lowest BCUT2D eigenvalue weighted by Crippen LogP contribution is -1.99. The van der Waals surface area contributed by atoms with Crippen molar-refractivity contribution in [1.82, 2.24) is 4.57 Å². The highest BCUT2D eigenvalue weighted by molar-refractivity contribution is 6.32. The summed E-state index contributed by atoms with van der Waals surface area (Å²) in [6, 6.07) is 10.1. The van der Waals surface area contributed by atoms with E-state index in [1.165, 1.54) is 11.4 Å². The molecule has 0 atom stereocenters. The van der Waals surface area contributed by atoms with E-state index < -0.39 is 0 Å². The van der Waals surface area contributed by atoms with Gasteiger partial charge in [0.1, 0.15) is 5.75 Å². The zero-order chi connectivity index (χ0) is 12.4. The molecule has 0 aliphatic rings. The molecule has 2 aromatic rings. The number of ether oxygens (including phenoxy) is 1. The fourth-order valence-electron chi connectivity index (χ4n) is 1.98. The van der Waals surface area contributed by atoms with Gasteiger partial charge in [0.15, 0.2) is 0 Å². The molecular formula is C14H16ClNO. The van der Waals surface area contributed by atoms with Crippen LogP contribution in [0.4, 0.5) is 0 Å². The van der Waals surface area contributed by atoms with Gasteiger partial charge in [-0.25, -0.2) is 0 Å². The third-order valence-electron chi connectivity index (χ3n) is 2.74. The van der Waals surface area contributed by atoms with Crippen molar-refractivity contribution in [2.75, 3.05) is 6.61 Å². The Morgan fingerprint density at radius 1 is 1.12 bits per heavy atom. The lowest BCUT2D eigenvalue weighted by atomic mass is 10.3. The van der Waals surface area contributed by atoms with E-state index >= 15 is 0 Å². The molecule has 2 nitrogen and oxygen atoms in total. The number of benzene rings is 1. The highest BCUT2D eigenvalue weighted by Crippen LogP contribution is 2.28. The lowest BCUT2D eigenvalue weighted by molar-refractivity contribution is 0.340. The normalized spacial score (nSPS) is 10.6. The van der Waals surface area contributed by atoms with Gasteiger partial charge < -0.3 is 9.30 Å². The fourth-order valence-corrected chi connectivity index (χ4v) is 2.21. The SMILES string of the molecule is CCOc1ccc(-n2c(C)ccc2C)cc1Cl. The average Bonchev–Trinajstić information content (AvgIpc) is 2.62. The molecule has 0 unspecified atom stereocenters. The zero-order valence-corrected chi connectivity index (χ0v) is 11.1. The van der Waals surface area contributed by atoms with E-state index in [0.29, 0.717) is 11.6 Å². The molecule has 1 heterocycles. The van der Waals surface area contributed by atoms with E-state index in [0.717, 1.165) is 11.4 Å². The van der Waals surface area contributed by atoms with E-state index in [4.69, 9.17) is 16.3 Å². The van der Waals surface area contributed by atoms with Crippen LogP contribution >= 0.6 is 11.6 Å². The average molecular weight is 250 g/mol. The Bertz CT molecular complexity index is 512. The van der Waals surface area contributed by atoms with Gasteiger partial charge in [0.05, 0.1) is 11.6 Å². The Kier molecular flexibility index (Phi) is 3.43. The van der Waals surface area contributed by atoms with E-state index in [1.54, 1.807) is 0 Å². The summed E-state index contributed by atoms with van der Waals surface area (Å²) in [5, 5.41) is 0.650. The number of aromatic nitrogens is 1. The molecule has 90 valence electrons. The van der Waals surface area contributed by atoms with Gasteiger partial charge in [0.25, 0.3) is 0 Å². The standard InChI is InChI=1S/C14H16ClNO/c1-4-17-14-8-7-12(9-13(14)15)16-10(2)5-6-11(16)3/h5-9H,4H2,1-3H3. The maximum Gasteiger partial charge on any atom is 0.138 e. The van der Waals surface area contributed by atoms with Crippen LogP contribution in [-0.2, 0) is 0 Å². The molecule has 0 spiro atoms. The summed E-state index contributed by atoms with van der Waals surface area (Å²) < 4.78 is 7.60. The molecular weight excluding hydrogens is 234 g/mol. The Morgan fingerprint density at radius 3 is 2.29 bits per heavy atom. The first-order valence-corrected chi connectivity index (χ1v) is 6.09. The number of aryl methyl sites for hydroxylation is 2. The first-order valence-electron chi connectivity index (χ1n) is 5.71. The van der Waals surface area contributed by atoms with E-state index in [9.17, 15) is 0 Å². The number of nitrogens with zero attached hydrogens (tertiary/aromatic N) is 1. The minimum Gasteiger partial charge on any atom is -0.492 e. The third-order valence-corrected chi connectivity index (χ3v) is 3.04. The van der Waals surface area contributed by atoms with Crippen molar-refractivity contribution in [3.63, 3.8) is 0 Å². The largest absolute Gasteiger partial charge is 0.492 e. The van der Waals surface area contributed by atoms with Crippen LogP contribution in [-0.4, -0.2) is 11.2 Å². The number of halogens is 1. The quantitative estimate of drug-likeness (QED) is 0.797. The number of hydrogen-bond acceptors (Lipinski definition) is 1. The van der Waals surface area contributed by atoms with Crippen LogP contribution in [0.3, 0.4) is 0 Å². The molecule has 0 fully saturated rings. The van der Waals surface area contributed by atoms with Crippen molar-refractivity contribution in [2.24, 2.45) is 0 Å². The van der Waals surface area contributed by atoms with Crippen molar-refractivity contribution in [1.29, 1.82) is 0 Å².